The lowest BCUT2D eigenvalue weighted by atomic mass is 10.0. The lowest BCUT2D eigenvalue weighted by Gasteiger charge is -2.23. The van der Waals surface area contributed by atoms with Crippen LogP contribution in [0.25, 0.3) is 6.08 Å². The highest BCUT2D eigenvalue weighted by Crippen LogP contribution is 2.35. The van der Waals surface area contributed by atoms with Crippen molar-refractivity contribution in [1.29, 1.82) is 0 Å². The zero-order valence-corrected chi connectivity index (χ0v) is 21.0. The third kappa shape index (κ3) is 4.14. The largest absolute Gasteiger partial charge is 0.496 e. The average Bonchev–Trinajstić information content (AvgIpc) is 3.46. The Balaban J connectivity index is 1.94. The third-order valence-electron chi connectivity index (χ3n) is 5.35. The first-order chi connectivity index (χ1) is 16.4. The minimum absolute atomic E-state index is 0.232. The van der Waals surface area contributed by atoms with E-state index < -0.39 is 12.0 Å². The van der Waals surface area contributed by atoms with Gasteiger partial charge in [-0.3, -0.25) is 9.36 Å². The highest BCUT2D eigenvalue weighted by molar-refractivity contribution is 7.10. The molecule has 0 saturated heterocycles. The molecule has 2 aromatic heterocycles. The normalized spacial score (nSPS) is 15.6. The molecule has 8 nitrogen and oxygen atoms in total. The Kier molecular flexibility index (Phi) is 6.90. The molecule has 1 aliphatic rings. The topological polar surface area (TPSA) is 88.4 Å². The van der Waals surface area contributed by atoms with Gasteiger partial charge >= 0.3 is 5.97 Å². The number of ether oxygens (including phenoxy) is 4. The molecule has 0 amide bonds. The molecule has 4 rings (SSSR count). The number of esters is 1. The molecule has 178 valence electrons. The van der Waals surface area contributed by atoms with Crippen LogP contribution < -0.4 is 29.1 Å². The van der Waals surface area contributed by atoms with Crippen molar-refractivity contribution >= 4 is 34.7 Å². The van der Waals surface area contributed by atoms with Crippen LogP contribution in [0.15, 0.2) is 50.7 Å². The van der Waals surface area contributed by atoms with Gasteiger partial charge in [-0.25, -0.2) is 9.79 Å². The van der Waals surface area contributed by atoms with Crippen molar-refractivity contribution in [3.63, 3.8) is 0 Å². The van der Waals surface area contributed by atoms with Gasteiger partial charge in [-0.2, -0.15) is 0 Å². The molecule has 1 atom stereocenters. The summed E-state index contributed by atoms with van der Waals surface area (Å²) in [6, 6.07) is 6.65. The fourth-order valence-electron chi connectivity index (χ4n) is 3.81. The van der Waals surface area contributed by atoms with E-state index in [0.717, 1.165) is 4.88 Å². The van der Waals surface area contributed by atoms with Gasteiger partial charge < -0.3 is 18.9 Å². The Morgan fingerprint density at radius 2 is 1.85 bits per heavy atom. The Labute approximate surface area is 204 Å². The van der Waals surface area contributed by atoms with Gasteiger partial charge in [0.2, 0.25) is 0 Å². The van der Waals surface area contributed by atoms with Crippen molar-refractivity contribution in [3.05, 3.63) is 71.0 Å². The zero-order valence-electron chi connectivity index (χ0n) is 19.4. The minimum atomic E-state index is -0.607. The molecule has 1 aromatic carbocycles. The molecule has 3 aromatic rings. The maximum absolute atomic E-state index is 13.6. The van der Waals surface area contributed by atoms with Crippen molar-refractivity contribution in [2.75, 3.05) is 27.9 Å². The van der Waals surface area contributed by atoms with Gasteiger partial charge in [-0.15, -0.1) is 11.3 Å². The number of methoxy groups -OCH3 is 3. The number of thiophene rings is 1. The second-order valence-electron chi connectivity index (χ2n) is 7.27. The van der Waals surface area contributed by atoms with E-state index >= 15 is 0 Å². The highest BCUT2D eigenvalue weighted by atomic mass is 32.1. The Morgan fingerprint density at radius 3 is 2.47 bits per heavy atom. The molecular formula is C24H24N2O6S2. The molecule has 0 fully saturated rings. The van der Waals surface area contributed by atoms with Crippen LogP contribution in [0.2, 0.25) is 0 Å². The summed E-state index contributed by atoms with van der Waals surface area (Å²) in [5.41, 5.74) is 1.30. The first-order valence-electron chi connectivity index (χ1n) is 10.5. The fourth-order valence-corrected chi connectivity index (χ4v) is 5.68. The molecule has 0 N–H and O–H groups in total. The van der Waals surface area contributed by atoms with Crippen molar-refractivity contribution in [3.8, 4) is 17.2 Å². The summed E-state index contributed by atoms with van der Waals surface area (Å²) in [6.45, 7) is 3.75. The zero-order chi connectivity index (χ0) is 24.4. The average molecular weight is 501 g/mol. The molecular weight excluding hydrogens is 476 g/mol. The minimum Gasteiger partial charge on any atom is -0.496 e. The molecule has 0 spiro atoms. The van der Waals surface area contributed by atoms with Gasteiger partial charge in [0, 0.05) is 16.5 Å². The molecule has 34 heavy (non-hydrogen) atoms. The molecule has 0 saturated carbocycles. The van der Waals surface area contributed by atoms with E-state index in [1.54, 1.807) is 58.0 Å². The van der Waals surface area contributed by atoms with Crippen LogP contribution >= 0.6 is 22.7 Å². The number of rotatable bonds is 7. The lowest BCUT2D eigenvalue weighted by molar-refractivity contribution is -0.139. The second-order valence-corrected chi connectivity index (χ2v) is 9.26. The van der Waals surface area contributed by atoms with E-state index in [1.165, 1.54) is 22.7 Å². The number of benzene rings is 1. The fraction of sp³-hybridized carbons (Fsp3) is 0.292. The smallest absolute Gasteiger partial charge is 0.338 e. The Morgan fingerprint density at radius 1 is 1.15 bits per heavy atom. The van der Waals surface area contributed by atoms with E-state index in [1.807, 2.05) is 17.5 Å². The van der Waals surface area contributed by atoms with Crippen molar-refractivity contribution < 1.29 is 23.7 Å². The first-order valence-corrected chi connectivity index (χ1v) is 12.2. The number of nitrogens with zero attached hydrogens (tertiary/aromatic N) is 2. The van der Waals surface area contributed by atoms with Crippen LogP contribution in [-0.4, -0.2) is 38.5 Å². The summed E-state index contributed by atoms with van der Waals surface area (Å²) in [7, 11) is 4.64. The van der Waals surface area contributed by atoms with E-state index in [2.05, 4.69) is 4.99 Å². The van der Waals surface area contributed by atoms with E-state index in [4.69, 9.17) is 18.9 Å². The van der Waals surface area contributed by atoms with E-state index in [9.17, 15) is 9.59 Å². The Hall–Kier alpha value is -3.37. The number of hydrogen-bond acceptors (Lipinski definition) is 9. The molecule has 10 heteroatoms. The number of fused-ring (bicyclic) bond motifs is 1. The van der Waals surface area contributed by atoms with E-state index in [0.29, 0.717) is 43.4 Å². The van der Waals surface area contributed by atoms with Gasteiger partial charge in [0.1, 0.15) is 11.8 Å². The van der Waals surface area contributed by atoms with Gasteiger partial charge in [-0.05, 0) is 37.4 Å². The lowest BCUT2D eigenvalue weighted by Crippen LogP contribution is -2.39. The monoisotopic (exact) mass is 500 g/mol. The molecule has 0 aliphatic carbocycles. The van der Waals surface area contributed by atoms with Gasteiger partial charge in [0.05, 0.1) is 43.7 Å². The summed E-state index contributed by atoms with van der Waals surface area (Å²) in [4.78, 5) is 32.5. The van der Waals surface area contributed by atoms with E-state index in [-0.39, 0.29) is 12.2 Å². The summed E-state index contributed by atoms with van der Waals surface area (Å²) < 4.78 is 23.6. The summed E-state index contributed by atoms with van der Waals surface area (Å²) in [5, 5.41) is 1.91. The number of aromatic nitrogens is 1. The summed E-state index contributed by atoms with van der Waals surface area (Å²) in [5.74, 6) is 1.09. The van der Waals surface area contributed by atoms with Crippen LogP contribution in [0.3, 0.4) is 0 Å². The molecule has 0 radical (unpaired) electrons. The van der Waals surface area contributed by atoms with Crippen LogP contribution in [0.1, 0.15) is 30.3 Å². The molecule has 1 aliphatic heterocycles. The first kappa shape index (κ1) is 23.8. The van der Waals surface area contributed by atoms with Crippen molar-refractivity contribution in [2.24, 2.45) is 4.99 Å². The van der Waals surface area contributed by atoms with Crippen LogP contribution in [0.4, 0.5) is 0 Å². The number of carbonyl (C=O) groups is 1. The predicted molar refractivity (Wildman–Crippen MR) is 131 cm³/mol. The van der Waals surface area contributed by atoms with Gasteiger partial charge in [-0.1, -0.05) is 17.4 Å². The standard InChI is InChI=1S/C24H24N2O6S2/c1-6-32-23(28)20-13(2)25-24-26(21(20)18-8-7-9-33-18)22(27)19(34-24)11-14-10-16(30-4)17(31-5)12-15(14)29-3/h7-12,21H,6H2,1-5H3/b19-11-/t21-/m1/s1. The van der Waals surface area contributed by atoms with Crippen molar-refractivity contribution in [1.82, 2.24) is 4.57 Å². The SMILES string of the molecule is CCOC(=O)C1=C(C)N=c2s/c(=C\c3cc(OC)c(OC)cc3OC)c(=O)n2[C@@H]1c1cccs1. The number of thiazole rings is 1. The van der Waals surface area contributed by atoms with Crippen LogP contribution in [-0.2, 0) is 9.53 Å². The van der Waals surface area contributed by atoms with Crippen LogP contribution in [0.5, 0.6) is 17.2 Å². The molecule has 0 bridgehead atoms. The predicted octanol–water partition coefficient (Wildman–Crippen LogP) is 2.89. The number of allylic oxidation sites excluding steroid dienone is 1. The maximum Gasteiger partial charge on any atom is 0.338 e. The third-order valence-corrected chi connectivity index (χ3v) is 7.26. The maximum atomic E-state index is 13.6. The van der Waals surface area contributed by atoms with Gasteiger partial charge in [0.25, 0.3) is 5.56 Å². The van der Waals surface area contributed by atoms with Crippen LogP contribution in [0, 0.1) is 0 Å². The van der Waals surface area contributed by atoms with Crippen molar-refractivity contribution in [2.45, 2.75) is 19.9 Å². The highest BCUT2D eigenvalue weighted by Gasteiger charge is 2.33. The summed E-state index contributed by atoms with van der Waals surface area (Å²) >= 11 is 2.72. The molecule has 3 heterocycles. The van der Waals surface area contributed by atoms with Gasteiger partial charge in [0.15, 0.2) is 16.3 Å². The quantitative estimate of drug-likeness (QED) is 0.464. The Bertz CT molecular complexity index is 1430. The number of hydrogen-bond donors (Lipinski definition) is 0. The second kappa shape index (κ2) is 9.86. The summed E-state index contributed by atoms with van der Waals surface area (Å²) in [6.07, 6.45) is 1.74. The number of carbonyl (C=O) groups excluding carboxylic acids is 1. The molecule has 0 unspecified atom stereocenters.